The quantitative estimate of drug-likeness (QED) is 0.349. The first-order chi connectivity index (χ1) is 17.6. The molecule has 192 valence electrons. The van der Waals surface area contributed by atoms with Crippen LogP contribution in [-0.4, -0.2) is 53.9 Å². The van der Waals surface area contributed by atoms with Gasteiger partial charge in [0.15, 0.2) is 11.5 Å². The number of methoxy groups -OCH3 is 2. The number of aromatic nitrogens is 3. The minimum atomic E-state index is -0.266. The number of pyridine rings is 1. The lowest BCUT2D eigenvalue weighted by atomic mass is 10.1. The lowest BCUT2D eigenvalue weighted by Gasteiger charge is -2.18. The summed E-state index contributed by atoms with van der Waals surface area (Å²) in [5.41, 5.74) is 1.37. The maximum Gasteiger partial charge on any atom is 0.319 e. The molecule has 1 atom stereocenters. The van der Waals surface area contributed by atoms with Crippen LogP contribution in [0.5, 0.6) is 17.4 Å². The Kier molecular flexibility index (Phi) is 8.59. The van der Waals surface area contributed by atoms with Crippen molar-refractivity contribution in [2.24, 2.45) is 0 Å². The molecule has 1 saturated carbocycles. The SMILES string of the molecule is CCC(CCNc1ncnc2cc(OC)c(OC)cc12)NC(=O)Nc1ccc(OC2CCCC2)nc1. The lowest BCUT2D eigenvalue weighted by molar-refractivity contribution is 0.201. The molecule has 0 aliphatic heterocycles. The zero-order valence-electron chi connectivity index (χ0n) is 21.0. The fraction of sp³-hybridized carbons (Fsp3) is 0.462. The molecule has 0 bridgehead atoms. The van der Waals surface area contributed by atoms with Crippen LogP contribution in [0.4, 0.5) is 16.3 Å². The number of urea groups is 1. The molecule has 2 amide bonds. The van der Waals surface area contributed by atoms with Crippen LogP contribution in [-0.2, 0) is 0 Å². The van der Waals surface area contributed by atoms with Crippen molar-refractivity contribution in [3.63, 3.8) is 0 Å². The van der Waals surface area contributed by atoms with Gasteiger partial charge in [0.1, 0.15) is 18.2 Å². The van der Waals surface area contributed by atoms with E-state index in [0.717, 1.165) is 36.6 Å². The molecule has 1 aromatic carbocycles. The van der Waals surface area contributed by atoms with Crippen molar-refractivity contribution >= 4 is 28.4 Å². The summed E-state index contributed by atoms with van der Waals surface area (Å²) in [5, 5.41) is 10.1. The van der Waals surface area contributed by atoms with Crippen molar-refractivity contribution in [1.82, 2.24) is 20.3 Å². The Morgan fingerprint density at radius 2 is 1.86 bits per heavy atom. The van der Waals surface area contributed by atoms with Crippen LogP contribution >= 0.6 is 0 Å². The zero-order chi connectivity index (χ0) is 25.3. The molecule has 36 heavy (non-hydrogen) atoms. The van der Waals surface area contributed by atoms with Crippen LogP contribution in [0.3, 0.4) is 0 Å². The molecule has 10 nitrogen and oxygen atoms in total. The summed E-state index contributed by atoms with van der Waals surface area (Å²) in [4.78, 5) is 25.6. The van der Waals surface area contributed by atoms with E-state index in [1.165, 1.54) is 19.2 Å². The number of benzene rings is 1. The smallest absolute Gasteiger partial charge is 0.319 e. The molecule has 2 heterocycles. The van der Waals surface area contributed by atoms with Gasteiger partial charge in [0, 0.05) is 30.1 Å². The van der Waals surface area contributed by atoms with Gasteiger partial charge in [-0.25, -0.2) is 19.7 Å². The highest BCUT2D eigenvalue weighted by Crippen LogP contribution is 2.33. The average molecular weight is 495 g/mol. The van der Waals surface area contributed by atoms with Crippen LogP contribution in [0.25, 0.3) is 10.9 Å². The number of ether oxygens (including phenoxy) is 3. The number of fused-ring (bicyclic) bond motifs is 1. The molecule has 2 aromatic heterocycles. The molecule has 0 radical (unpaired) electrons. The fourth-order valence-corrected chi connectivity index (χ4v) is 4.32. The lowest BCUT2D eigenvalue weighted by Crippen LogP contribution is -2.38. The van der Waals surface area contributed by atoms with E-state index in [-0.39, 0.29) is 18.2 Å². The average Bonchev–Trinajstić information content (AvgIpc) is 3.41. The van der Waals surface area contributed by atoms with Crippen molar-refractivity contribution < 1.29 is 19.0 Å². The molecule has 3 N–H and O–H groups in total. The Morgan fingerprint density at radius 3 is 2.56 bits per heavy atom. The van der Waals surface area contributed by atoms with E-state index in [1.807, 2.05) is 25.1 Å². The van der Waals surface area contributed by atoms with Gasteiger partial charge in [-0.3, -0.25) is 0 Å². The van der Waals surface area contributed by atoms with Gasteiger partial charge in [0.2, 0.25) is 5.88 Å². The van der Waals surface area contributed by atoms with Crippen LogP contribution in [0.2, 0.25) is 0 Å². The second-order valence-electron chi connectivity index (χ2n) is 8.78. The maximum absolute atomic E-state index is 12.5. The molecule has 1 fully saturated rings. The Hall–Kier alpha value is -3.82. The minimum absolute atomic E-state index is 0.0156. The number of rotatable bonds is 11. The van der Waals surface area contributed by atoms with E-state index >= 15 is 0 Å². The summed E-state index contributed by atoms with van der Waals surface area (Å²) in [5.74, 6) is 2.52. The first-order valence-corrected chi connectivity index (χ1v) is 12.4. The fourth-order valence-electron chi connectivity index (χ4n) is 4.32. The van der Waals surface area contributed by atoms with E-state index < -0.39 is 0 Å². The van der Waals surface area contributed by atoms with Crippen LogP contribution in [0.15, 0.2) is 36.8 Å². The summed E-state index contributed by atoms with van der Waals surface area (Å²) >= 11 is 0. The van der Waals surface area contributed by atoms with Gasteiger partial charge in [-0.1, -0.05) is 6.92 Å². The van der Waals surface area contributed by atoms with E-state index in [1.54, 1.807) is 26.5 Å². The van der Waals surface area contributed by atoms with Gasteiger partial charge >= 0.3 is 6.03 Å². The van der Waals surface area contributed by atoms with Crippen molar-refractivity contribution in [1.29, 1.82) is 0 Å². The van der Waals surface area contributed by atoms with Gasteiger partial charge in [-0.2, -0.15) is 0 Å². The predicted molar refractivity (Wildman–Crippen MR) is 139 cm³/mol. The van der Waals surface area contributed by atoms with Crippen molar-refractivity contribution in [2.75, 3.05) is 31.4 Å². The van der Waals surface area contributed by atoms with Gasteiger partial charge in [0.25, 0.3) is 0 Å². The normalized spacial score (nSPS) is 14.3. The Morgan fingerprint density at radius 1 is 1.08 bits per heavy atom. The molecule has 1 aliphatic carbocycles. The number of carbonyl (C=O) groups excluding carboxylic acids is 1. The third kappa shape index (κ3) is 6.44. The summed E-state index contributed by atoms with van der Waals surface area (Å²) < 4.78 is 16.7. The van der Waals surface area contributed by atoms with E-state index in [4.69, 9.17) is 14.2 Å². The third-order valence-electron chi connectivity index (χ3n) is 6.34. The standard InChI is InChI=1S/C26H34N6O4/c1-4-17(31-26(33)32-18-9-10-24(28-15-18)36-19-7-5-6-8-19)11-12-27-25-20-13-22(34-2)23(35-3)14-21(20)29-16-30-25/h9-10,13-17,19H,4-8,11-12H2,1-3H3,(H,27,29,30)(H2,31,32,33). The van der Waals surface area contributed by atoms with E-state index in [2.05, 4.69) is 30.9 Å². The minimum Gasteiger partial charge on any atom is -0.493 e. The maximum atomic E-state index is 12.5. The Labute approximate surface area is 211 Å². The summed E-state index contributed by atoms with van der Waals surface area (Å²) in [6, 6.07) is 7.01. The van der Waals surface area contributed by atoms with E-state index in [0.29, 0.717) is 35.4 Å². The van der Waals surface area contributed by atoms with Crippen molar-refractivity contribution in [2.45, 2.75) is 57.6 Å². The first kappa shape index (κ1) is 25.3. The van der Waals surface area contributed by atoms with E-state index in [9.17, 15) is 4.79 Å². The number of carbonyl (C=O) groups is 1. The van der Waals surface area contributed by atoms with Gasteiger partial charge in [-0.15, -0.1) is 0 Å². The van der Waals surface area contributed by atoms with Gasteiger partial charge in [-0.05, 0) is 50.7 Å². The molecule has 0 saturated heterocycles. The molecule has 10 heteroatoms. The van der Waals surface area contributed by atoms with Crippen LogP contribution in [0, 0.1) is 0 Å². The molecule has 0 spiro atoms. The van der Waals surface area contributed by atoms with Crippen LogP contribution < -0.4 is 30.2 Å². The molecule has 4 rings (SSSR count). The number of nitrogens with zero attached hydrogens (tertiary/aromatic N) is 3. The highest BCUT2D eigenvalue weighted by atomic mass is 16.5. The number of hydrogen-bond acceptors (Lipinski definition) is 8. The number of nitrogens with one attached hydrogen (secondary N) is 3. The summed E-state index contributed by atoms with van der Waals surface area (Å²) in [6.07, 6.45) is 9.46. The second-order valence-corrected chi connectivity index (χ2v) is 8.78. The van der Waals surface area contributed by atoms with Crippen LogP contribution in [0.1, 0.15) is 45.4 Å². The monoisotopic (exact) mass is 494 g/mol. The Balaban J connectivity index is 1.28. The number of anilines is 2. The topological polar surface area (TPSA) is 120 Å². The number of hydrogen-bond donors (Lipinski definition) is 3. The molecular weight excluding hydrogens is 460 g/mol. The zero-order valence-corrected chi connectivity index (χ0v) is 21.0. The molecule has 3 aromatic rings. The van der Waals surface area contributed by atoms with Gasteiger partial charge in [0.05, 0.1) is 31.6 Å². The van der Waals surface area contributed by atoms with Crippen molar-refractivity contribution in [3.8, 4) is 17.4 Å². The second kappa shape index (κ2) is 12.2. The van der Waals surface area contributed by atoms with Crippen molar-refractivity contribution in [3.05, 3.63) is 36.8 Å². The third-order valence-corrected chi connectivity index (χ3v) is 6.34. The molecular formula is C26H34N6O4. The van der Waals surface area contributed by atoms with Gasteiger partial charge < -0.3 is 30.2 Å². The highest BCUT2D eigenvalue weighted by molar-refractivity contribution is 5.91. The highest BCUT2D eigenvalue weighted by Gasteiger charge is 2.17. The summed E-state index contributed by atoms with van der Waals surface area (Å²) in [6.45, 7) is 2.66. The first-order valence-electron chi connectivity index (χ1n) is 12.4. The largest absolute Gasteiger partial charge is 0.493 e. The summed E-state index contributed by atoms with van der Waals surface area (Å²) in [7, 11) is 3.19. The number of amides is 2. The Bertz CT molecular complexity index is 1150. The predicted octanol–water partition coefficient (Wildman–Crippen LogP) is 4.77. The molecule has 1 unspecified atom stereocenters. The molecule has 1 aliphatic rings.